The van der Waals surface area contributed by atoms with Crippen molar-refractivity contribution in [1.82, 2.24) is 4.98 Å². The Morgan fingerprint density at radius 1 is 1.38 bits per heavy atom. The maximum Gasteiger partial charge on any atom is 0.437 e. The number of nitrogens with one attached hydrogen (secondary N) is 1. The van der Waals surface area contributed by atoms with Gasteiger partial charge in [-0.1, -0.05) is 6.92 Å². The molecule has 0 aliphatic carbocycles. The maximum atomic E-state index is 12.7. The highest BCUT2D eigenvalue weighted by Gasteiger charge is 2.42. The summed E-state index contributed by atoms with van der Waals surface area (Å²) in [6.45, 7) is 2.79. The summed E-state index contributed by atoms with van der Waals surface area (Å²) >= 11 is 0. The molecule has 0 unspecified atom stereocenters. The van der Waals surface area contributed by atoms with Crippen LogP contribution >= 0.6 is 0 Å². The second-order valence-electron chi connectivity index (χ2n) is 3.84. The van der Waals surface area contributed by atoms with Crippen LogP contribution in [0.1, 0.15) is 36.5 Å². The van der Waals surface area contributed by atoms with Gasteiger partial charge < -0.3 is 9.15 Å². The molecule has 0 bridgehead atoms. The minimum Gasteiger partial charge on any atom is -0.460 e. The molecule has 0 saturated heterocycles. The minimum absolute atomic E-state index is 0.173. The lowest BCUT2D eigenvalue weighted by Gasteiger charge is -2.03. The molecule has 0 amide bonds. The standard InChI is InChI=1S/C10H13F3N2O5S/c1-3-5-21(17,18)15-9-14-7(10(11,12)13)6(20-9)8(16)19-4-2/h3-5H2,1-2H3,(H,14,15). The van der Waals surface area contributed by atoms with Crippen molar-refractivity contribution in [3.05, 3.63) is 11.5 Å². The number of carbonyl (C=O) groups is 1. The lowest BCUT2D eigenvalue weighted by Crippen LogP contribution is -2.16. The Morgan fingerprint density at radius 3 is 2.48 bits per heavy atom. The molecule has 1 heterocycles. The van der Waals surface area contributed by atoms with E-state index in [0.717, 1.165) is 0 Å². The number of alkyl halides is 3. The van der Waals surface area contributed by atoms with Crippen molar-refractivity contribution in [2.45, 2.75) is 26.4 Å². The van der Waals surface area contributed by atoms with Gasteiger partial charge in [-0.25, -0.2) is 17.9 Å². The molecule has 1 N–H and O–H groups in total. The van der Waals surface area contributed by atoms with Gasteiger partial charge in [0.15, 0.2) is 5.69 Å². The summed E-state index contributed by atoms with van der Waals surface area (Å²) in [5.41, 5.74) is -1.64. The van der Waals surface area contributed by atoms with Crippen molar-refractivity contribution in [3.63, 3.8) is 0 Å². The van der Waals surface area contributed by atoms with Crippen LogP contribution in [-0.4, -0.2) is 31.7 Å². The van der Waals surface area contributed by atoms with Gasteiger partial charge in [0, 0.05) is 0 Å². The molecule has 0 aliphatic heterocycles. The summed E-state index contributed by atoms with van der Waals surface area (Å²) < 4.78 is 71.8. The van der Waals surface area contributed by atoms with Crippen molar-refractivity contribution in [2.24, 2.45) is 0 Å². The Balaban J connectivity index is 3.18. The Morgan fingerprint density at radius 2 is 2.00 bits per heavy atom. The number of sulfonamides is 1. The summed E-state index contributed by atoms with van der Waals surface area (Å²) in [5, 5.41) is 0. The van der Waals surface area contributed by atoms with Crippen LogP contribution in [0.2, 0.25) is 0 Å². The van der Waals surface area contributed by atoms with Crippen LogP contribution in [-0.2, 0) is 20.9 Å². The van der Waals surface area contributed by atoms with Gasteiger partial charge >= 0.3 is 18.2 Å². The van der Waals surface area contributed by atoms with E-state index in [0.29, 0.717) is 0 Å². The number of oxazole rings is 1. The fraction of sp³-hybridized carbons (Fsp3) is 0.600. The number of carbonyl (C=O) groups excluding carboxylic acids is 1. The summed E-state index contributed by atoms with van der Waals surface area (Å²) in [7, 11) is -3.90. The molecule has 1 rings (SSSR count). The lowest BCUT2D eigenvalue weighted by molar-refractivity contribution is -0.141. The average molecular weight is 330 g/mol. The maximum absolute atomic E-state index is 12.7. The zero-order chi connectivity index (χ0) is 16.3. The number of hydrogen-bond donors (Lipinski definition) is 1. The summed E-state index contributed by atoms with van der Waals surface area (Å²) in [6.07, 6.45) is -4.74. The van der Waals surface area contributed by atoms with Gasteiger partial charge in [-0.05, 0) is 13.3 Å². The highest BCUT2D eigenvalue weighted by molar-refractivity contribution is 7.92. The molecular weight excluding hydrogens is 317 g/mol. The molecule has 0 radical (unpaired) electrons. The van der Waals surface area contributed by atoms with Crippen LogP contribution in [0, 0.1) is 0 Å². The van der Waals surface area contributed by atoms with Crippen LogP contribution in [0.25, 0.3) is 0 Å². The highest BCUT2D eigenvalue weighted by Crippen LogP contribution is 2.33. The van der Waals surface area contributed by atoms with E-state index in [4.69, 9.17) is 0 Å². The molecule has 0 spiro atoms. The van der Waals surface area contributed by atoms with Crippen LogP contribution in [0.15, 0.2) is 4.42 Å². The zero-order valence-corrected chi connectivity index (χ0v) is 12.0. The van der Waals surface area contributed by atoms with E-state index < -0.39 is 39.6 Å². The fourth-order valence-corrected chi connectivity index (χ4v) is 2.34. The third-order valence-electron chi connectivity index (χ3n) is 2.07. The first-order valence-electron chi connectivity index (χ1n) is 5.86. The predicted octanol–water partition coefficient (Wildman–Crippen LogP) is 2.02. The van der Waals surface area contributed by atoms with Crippen LogP contribution in [0.5, 0.6) is 0 Å². The van der Waals surface area contributed by atoms with Crippen molar-refractivity contribution in [1.29, 1.82) is 0 Å². The second-order valence-corrected chi connectivity index (χ2v) is 5.68. The molecule has 0 fully saturated rings. The lowest BCUT2D eigenvalue weighted by atomic mass is 10.3. The number of halogens is 3. The fourth-order valence-electron chi connectivity index (χ4n) is 1.34. The number of rotatable bonds is 6. The first-order chi connectivity index (χ1) is 9.60. The predicted molar refractivity (Wildman–Crippen MR) is 65.2 cm³/mol. The topological polar surface area (TPSA) is 98.5 Å². The number of aromatic nitrogens is 1. The van der Waals surface area contributed by atoms with Gasteiger partial charge in [-0.3, -0.25) is 0 Å². The number of nitrogens with zero attached hydrogens (tertiary/aromatic N) is 1. The number of ether oxygens (including phenoxy) is 1. The highest BCUT2D eigenvalue weighted by atomic mass is 32.2. The van der Waals surface area contributed by atoms with E-state index in [1.165, 1.54) is 6.92 Å². The van der Waals surface area contributed by atoms with Gasteiger partial charge in [0.05, 0.1) is 12.4 Å². The van der Waals surface area contributed by atoms with Gasteiger partial charge in [-0.15, -0.1) is 0 Å². The second kappa shape index (κ2) is 6.33. The quantitative estimate of drug-likeness (QED) is 0.801. The Kier molecular flexibility index (Phi) is 5.20. The third-order valence-corrected chi connectivity index (χ3v) is 3.50. The summed E-state index contributed by atoms with van der Waals surface area (Å²) in [4.78, 5) is 14.4. The number of hydrogen-bond acceptors (Lipinski definition) is 6. The molecule has 1 aromatic heterocycles. The van der Waals surface area contributed by atoms with Crippen molar-refractivity contribution < 1.29 is 35.5 Å². The van der Waals surface area contributed by atoms with E-state index in [1.807, 2.05) is 0 Å². The molecule has 120 valence electrons. The molecule has 1 aromatic rings. The van der Waals surface area contributed by atoms with Gasteiger partial charge in [0.1, 0.15) is 0 Å². The molecule has 0 aliphatic rings. The van der Waals surface area contributed by atoms with E-state index in [9.17, 15) is 26.4 Å². The Hall–Kier alpha value is -1.78. The van der Waals surface area contributed by atoms with Crippen LogP contribution in [0.3, 0.4) is 0 Å². The monoisotopic (exact) mass is 330 g/mol. The molecule has 7 nitrogen and oxygen atoms in total. The molecular formula is C10H13F3N2O5S. The number of anilines is 1. The Bertz CT molecular complexity index is 609. The first-order valence-corrected chi connectivity index (χ1v) is 7.51. The van der Waals surface area contributed by atoms with Crippen LogP contribution in [0.4, 0.5) is 19.2 Å². The molecule has 0 saturated carbocycles. The largest absolute Gasteiger partial charge is 0.460 e. The molecule has 11 heteroatoms. The zero-order valence-electron chi connectivity index (χ0n) is 11.2. The molecule has 0 aromatic carbocycles. The molecule has 21 heavy (non-hydrogen) atoms. The summed E-state index contributed by atoms with van der Waals surface area (Å²) in [5.74, 6) is -2.90. The SMILES string of the molecule is CCCS(=O)(=O)Nc1nc(C(F)(F)F)c(C(=O)OCC)o1. The smallest absolute Gasteiger partial charge is 0.437 e. The van der Waals surface area contributed by atoms with E-state index in [1.54, 1.807) is 11.6 Å². The first kappa shape index (κ1) is 17.3. The third kappa shape index (κ3) is 4.62. The van der Waals surface area contributed by atoms with E-state index in [-0.39, 0.29) is 18.8 Å². The number of esters is 1. The van der Waals surface area contributed by atoms with Gasteiger partial charge in [-0.2, -0.15) is 18.2 Å². The van der Waals surface area contributed by atoms with Crippen molar-refractivity contribution in [3.8, 4) is 0 Å². The average Bonchev–Trinajstić information content (AvgIpc) is 2.72. The van der Waals surface area contributed by atoms with Gasteiger partial charge in [0.25, 0.3) is 0 Å². The Labute approximate surface area is 118 Å². The van der Waals surface area contributed by atoms with Crippen molar-refractivity contribution >= 4 is 22.0 Å². The summed E-state index contributed by atoms with van der Waals surface area (Å²) in [6, 6.07) is -0.932. The van der Waals surface area contributed by atoms with E-state index >= 15 is 0 Å². The van der Waals surface area contributed by atoms with Gasteiger partial charge in [0.2, 0.25) is 15.8 Å². The van der Waals surface area contributed by atoms with Crippen molar-refractivity contribution in [2.75, 3.05) is 17.1 Å². The van der Waals surface area contributed by atoms with Crippen LogP contribution < -0.4 is 4.72 Å². The molecule has 0 atom stereocenters. The normalized spacial score (nSPS) is 12.2. The minimum atomic E-state index is -4.99. The van der Waals surface area contributed by atoms with E-state index in [2.05, 4.69) is 14.1 Å².